The maximum atomic E-state index is 13.1. The molecule has 34 heavy (non-hydrogen) atoms. The van der Waals surface area contributed by atoms with E-state index >= 15 is 0 Å². The second kappa shape index (κ2) is 10.1. The summed E-state index contributed by atoms with van der Waals surface area (Å²) < 4.78 is 38.7. The normalized spacial score (nSPS) is 16.8. The van der Waals surface area contributed by atoms with Gasteiger partial charge in [0.15, 0.2) is 0 Å². The van der Waals surface area contributed by atoms with Gasteiger partial charge in [-0.2, -0.15) is 4.31 Å². The Morgan fingerprint density at radius 3 is 2.62 bits per heavy atom. The van der Waals surface area contributed by atoms with Gasteiger partial charge in [0.25, 0.3) is 0 Å². The highest BCUT2D eigenvalue weighted by Gasteiger charge is 2.33. The summed E-state index contributed by atoms with van der Waals surface area (Å²) >= 11 is 1.32. The van der Waals surface area contributed by atoms with Gasteiger partial charge in [-0.25, -0.2) is 13.2 Å². The zero-order chi connectivity index (χ0) is 24.3. The molecule has 2 aromatic carbocycles. The first-order chi connectivity index (χ1) is 16.3. The molecule has 4 rings (SSSR count). The molecule has 8 nitrogen and oxygen atoms in total. The molecule has 1 aliphatic rings. The van der Waals surface area contributed by atoms with Crippen molar-refractivity contribution in [1.29, 1.82) is 0 Å². The van der Waals surface area contributed by atoms with Gasteiger partial charge in [-0.3, -0.25) is 4.79 Å². The Hall–Kier alpha value is -2.95. The van der Waals surface area contributed by atoms with E-state index in [9.17, 15) is 18.0 Å². The van der Waals surface area contributed by atoms with Crippen LogP contribution in [0.2, 0.25) is 0 Å². The first-order valence-corrected chi connectivity index (χ1v) is 13.2. The van der Waals surface area contributed by atoms with E-state index in [0.29, 0.717) is 42.3 Å². The number of carbonyl (C=O) groups excluding carboxylic acids is 2. The van der Waals surface area contributed by atoms with E-state index in [1.54, 1.807) is 30.3 Å². The van der Waals surface area contributed by atoms with Crippen LogP contribution in [0, 0.1) is 5.92 Å². The zero-order valence-corrected chi connectivity index (χ0v) is 20.6. The fourth-order valence-corrected chi connectivity index (χ4v) is 6.45. The highest BCUT2D eigenvalue weighted by Crippen LogP contribution is 2.30. The van der Waals surface area contributed by atoms with Gasteiger partial charge in [0, 0.05) is 23.5 Å². The number of sulfonamides is 1. The number of anilines is 1. The molecule has 1 aromatic heterocycles. The van der Waals surface area contributed by atoms with Crippen LogP contribution >= 0.6 is 11.3 Å². The molecule has 1 atom stereocenters. The van der Waals surface area contributed by atoms with Crippen LogP contribution in [0.25, 0.3) is 10.1 Å². The average Bonchev–Trinajstić information content (AvgIpc) is 3.28. The van der Waals surface area contributed by atoms with Crippen molar-refractivity contribution in [2.45, 2.75) is 24.7 Å². The molecular weight excluding hydrogens is 476 g/mol. The molecule has 1 aliphatic heterocycles. The predicted molar refractivity (Wildman–Crippen MR) is 131 cm³/mol. The molecule has 1 N–H and O–H groups in total. The van der Waals surface area contributed by atoms with E-state index in [-0.39, 0.29) is 17.3 Å². The van der Waals surface area contributed by atoms with Crippen molar-refractivity contribution in [1.82, 2.24) is 4.31 Å². The van der Waals surface area contributed by atoms with Gasteiger partial charge in [-0.05, 0) is 73.7 Å². The number of carbonyl (C=O) groups is 2. The number of thiophene rings is 1. The summed E-state index contributed by atoms with van der Waals surface area (Å²) in [6.45, 7) is 2.85. The Morgan fingerprint density at radius 2 is 1.91 bits per heavy atom. The van der Waals surface area contributed by atoms with Crippen molar-refractivity contribution in [2.75, 3.05) is 32.1 Å². The summed E-state index contributed by atoms with van der Waals surface area (Å²) in [7, 11) is -2.38. The molecule has 3 aromatic rings. The number of nitrogens with zero attached hydrogens (tertiary/aromatic N) is 1. The second-order valence-corrected chi connectivity index (χ2v) is 11.0. The highest BCUT2D eigenvalue weighted by molar-refractivity contribution is 7.89. The third kappa shape index (κ3) is 5.08. The van der Waals surface area contributed by atoms with Crippen LogP contribution < -0.4 is 10.1 Å². The molecule has 180 valence electrons. The maximum Gasteiger partial charge on any atom is 0.348 e. The van der Waals surface area contributed by atoms with Gasteiger partial charge in [-0.15, -0.1) is 11.3 Å². The quantitative estimate of drug-likeness (QED) is 0.488. The molecule has 0 spiro atoms. The van der Waals surface area contributed by atoms with Crippen LogP contribution in [0.3, 0.4) is 0 Å². The SMILES string of the molecule is CCOc1ccc(S(=O)(=O)N2CCC[C@@H](C(=O)Nc3ccc4sc(C(=O)OC)cc4c3)C2)cc1. The van der Waals surface area contributed by atoms with Gasteiger partial charge in [-0.1, -0.05) is 0 Å². The largest absolute Gasteiger partial charge is 0.494 e. The van der Waals surface area contributed by atoms with Crippen molar-refractivity contribution in [3.05, 3.63) is 53.4 Å². The summed E-state index contributed by atoms with van der Waals surface area (Å²) in [4.78, 5) is 25.4. The Morgan fingerprint density at radius 1 is 1.15 bits per heavy atom. The first kappa shape index (κ1) is 24.2. The first-order valence-electron chi connectivity index (χ1n) is 11.0. The van der Waals surface area contributed by atoms with E-state index in [0.717, 1.165) is 10.1 Å². The van der Waals surface area contributed by atoms with Crippen LogP contribution in [0.15, 0.2) is 53.4 Å². The molecule has 10 heteroatoms. The number of ether oxygens (including phenoxy) is 2. The lowest BCUT2D eigenvalue weighted by atomic mass is 9.98. The average molecular weight is 503 g/mol. The van der Waals surface area contributed by atoms with Crippen LogP contribution in [0.5, 0.6) is 5.75 Å². The summed E-state index contributed by atoms with van der Waals surface area (Å²) in [6, 6.07) is 13.5. The van der Waals surface area contributed by atoms with E-state index in [1.807, 2.05) is 13.0 Å². The predicted octanol–water partition coefficient (Wildman–Crippen LogP) is 4.13. The number of rotatable bonds is 7. The van der Waals surface area contributed by atoms with Crippen LogP contribution in [-0.4, -0.2) is 51.4 Å². The highest BCUT2D eigenvalue weighted by atomic mass is 32.2. The fraction of sp³-hybridized carbons (Fsp3) is 0.333. The van der Waals surface area contributed by atoms with Crippen molar-refractivity contribution in [3.8, 4) is 5.75 Å². The van der Waals surface area contributed by atoms with Gasteiger partial charge in [0.05, 0.1) is 24.5 Å². The van der Waals surface area contributed by atoms with Crippen molar-refractivity contribution < 1.29 is 27.5 Å². The molecule has 1 fully saturated rings. The van der Waals surface area contributed by atoms with Gasteiger partial charge >= 0.3 is 5.97 Å². The number of piperidine rings is 1. The van der Waals surface area contributed by atoms with E-state index in [4.69, 9.17) is 9.47 Å². The molecule has 0 aliphatic carbocycles. The minimum absolute atomic E-state index is 0.120. The number of fused-ring (bicyclic) bond motifs is 1. The lowest BCUT2D eigenvalue weighted by Gasteiger charge is -2.31. The van der Waals surface area contributed by atoms with Gasteiger partial charge in [0.2, 0.25) is 15.9 Å². The minimum atomic E-state index is -3.71. The van der Waals surface area contributed by atoms with Crippen LogP contribution in [0.4, 0.5) is 5.69 Å². The molecule has 2 heterocycles. The lowest BCUT2D eigenvalue weighted by molar-refractivity contribution is -0.120. The zero-order valence-electron chi connectivity index (χ0n) is 18.9. The maximum absolute atomic E-state index is 13.1. The smallest absolute Gasteiger partial charge is 0.348 e. The minimum Gasteiger partial charge on any atom is -0.494 e. The molecule has 0 bridgehead atoms. The topological polar surface area (TPSA) is 102 Å². The number of hydrogen-bond donors (Lipinski definition) is 1. The number of nitrogens with one attached hydrogen (secondary N) is 1. The van der Waals surface area contributed by atoms with Gasteiger partial charge in [0.1, 0.15) is 10.6 Å². The van der Waals surface area contributed by atoms with Crippen molar-refractivity contribution >= 4 is 49.0 Å². The van der Waals surface area contributed by atoms with Crippen LogP contribution in [-0.2, 0) is 19.6 Å². The molecule has 1 amide bonds. The van der Waals surface area contributed by atoms with E-state index < -0.39 is 21.9 Å². The molecule has 0 unspecified atom stereocenters. The monoisotopic (exact) mass is 502 g/mol. The van der Waals surface area contributed by atoms with E-state index in [2.05, 4.69) is 5.32 Å². The van der Waals surface area contributed by atoms with Crippen LogP contribution in [0.1, 0.15) is 29.4 Å². The number of hydrogen-bond acceptors (Lipinski definition) is 7. The number of benzene rings is 2. The fourth-order valence-electron chi connectivity index (χ4n) is 3.96. The number of methoxy groups -OCH3 is 1. The third-order valence-corrected chi connectivity index (χ3v) is 8.67. The lowest BCUT2D eigenvalue weighted by Crippen LogP contribution is -2.43. The summed E-state index contributed by atoms with van der Waals surface area (Å²) in [5.74, 6) is -0.481. The summed E-state index contributed by atoms with van der Waals surface area (Å²) in [5, 5.41) is 3.73. The molecular formula is C24H26N2O6S2. The number of amides is 1. The Labute approximate surface area is 202 Å². The molecule has 0 radical (unpaired) electrons. The summed E-state index contributed by atoms with van der Waals surface area (Å²) in [6.07, 6.45) is 1.20. The Bertz CT molecular complexity index is 1300. The van der Waals surface area contributed by atoms with Gasteiger partial charge < -0.3 is 14.8 Å². The van der Waals surface area contributed by atoms with Crippen molar-refractivity contribution in [2.24, 2.45) is 5.92 Å². The third-order valence-electron chi connectivity index (χ3n) is 5.70. The Balaban J connectivity index is 1.45. The number of esters is 1. The second-order valence-electron chi connectivity index (χ2n) is 7.95. The molecule has 0 saturated carbocycles. The standard InChI is InChI=1S/C24H26N2O6S2/c1-3-32-19-7-9-20(10-8-19)34(29,30)26-12-4-5-16(15-26)23(27)25-18-6-11-21-17(13-18)14-22(33-21)24(28)31-2/h6-11,13-14,16H,3-5,12,15H2,1-2H3,(H,25,27)/t16-/m1/s1. The van der Waals surface area contributed by atoms with Crippen molar-refractivity contribution in [3.63, 3.8) is 0 Å². The van der Waals surface area contributed by atoms with E-state index in [1.165, 1.54) is 34.9 Å². The summed E-state index contributed by atoms with van der Waals surface area (Å²) in [5.41, 5.74) is 0.596. The Kier molecular flexibility index (Phi) is 7.20. The molecule has 1 saturated heterocycles.